The quantitative estimate of drug-likeness (QED) is 0.878. The number of benzene rings is 1. The molecule has 1 aromatic rings. The Bertz CT molecular complexity index is 628. The molecule has 1 N–H and O–H groups in total. The Morgan fingerprint density at radius 1 is 1.16 bits per heavy atom. The van der Waals surface area contributed by atoms with Gasteiger partial charge in [-0.3, -0.25) is 9.69 Å². The third-order valence-corrected chi connectivity index (χ3v) is 6.26. The minimum absolute atomic E-state index is 0.0191. The number of nitrogens with zero attached hydrogens (tertiary/aromatic N) is 1. The molecule has 0 bridgehead atoms. The summed E-state index contributed by atoms with van der Waals surface area (Å²) < 4.78 is 16.3. The molecular weight excluding hydrogens is 340 g/mol. The highest BCUT2D eigenvalue weighted by molar-refractivity contribution is 7.99. The number of carbonyl (C=O) groups excluding carboxylic acids is 1. The van der Waals surface area contributed by atoms with E-state index in [1.165, 1.54) is 11.5 Å². The van der Waals surface area contributed by atoms with E-state index < -0.39 is 0 Å². The SMILES string of the molecule is O=C(NCC1(N2CCSCC2)CCOCC1)c1ccc2c(c1)OCO2. The fourth-order valence-electron chi connectivity index (χ4n) is 3.78. The van der Waals surface area contributed by atoms with E-state index in [9.17, 15) is 4.79 Å². The first-order valence-electron chi connectivity index (χ1n) is 8.85. The average molecular weight is 364 g/mol. The monoisotopic (exact) mass is 364 g/mol. The Morgan fingerprint density at radius 2 is 1.92 bits per heavy atom. The van der Waals surface area contributed by atoms with Gasteiger partial charge in [0.15, 0.2) is 11.5 Å². The first-order chi connectivity index (χ1) is 12.3. The van der Waals surface area contributed by atoms with Gasteiger partial charge < -0.3 is 19.5 Å². The fraction of sp³-hybridized carbons (Fsp3) is 0.611. The maximum Gasteiger partial charge on any atom is 0.251 e. The predicted octanol–water partition coefficient (Wildman–Crippen LogP) is 1.74. The van der Waals surface area contributed by atoms with E-state index in [-0.39, 0.29) is 18.2 Å². The predicted molar refractivity (Wildman–Crippen MR) is 96.6 cm³/mol. The molecule has 2 fully saturated rings. The molecule has 0 saturated carbocycles. The van der Waals surface area contributed by atoms with Gasteiger partial charge in [-0.15, -0.1) is 0 Å². The minimum Gasteiger partial charge on any atom is -0.454 e. The van der Waals surface area contributed by atoms with Gasteiger partial charge >= 0.3 is 0 Å². The molecule has 1 amide bonds. The van der Waals surface area contributed by atoms with Crippen LogP contribution in [0.3, 0.4) is 0 Å². The van der Waals surface area contributed by atoms with Gasteiger partial charge in [0.05, 0.1) is 0 Å². The number of carbonyl (C=O) groups is 1. The van der Waals surface area contributed by atoms with Crippen LogP contribution in [-0.4, -0.2) is 67.5 Å². The van der Waals surface area contributed by atoms with E-state index >= 15 is 0 Å². The van der Waals surface area contributed by atoms with Crippen LogP contribution in [0.1, 0.15) is 23.2 Å². The van der Waals surface area contributed by atoms with Crippen molar-refractivity contribution in [1.82, 2.24) is 10.2 Å². The van der Waals surface area contributed by atoms with Crippen molar-refractivity contribution in [3.63, 3.8) is 0 Å². The zero-order valence-corrected chi connectivity index (χ0v) is 15.1. The number of rotatable bonds is 4. The zero-order chi connectivity index (χ0) is 17.1. The van der Waals surface area contributed by atoms with Gasteiger partial charge in [-0.25, -0.2) is 0 Å². The van der Waals surface area contributed by atoms with Gasteiger partial charge in [0.2, 0.25) is 6.79 Å². The summed E-state index contributed by atoms with van der Waals surface area (Å²) in [7, 11) is 0. The highest BCUT2D eigenvalue weighted by Gasteiger charge is 2.39. The lowest BCUT2D eigenvalue weighted by molar-refractivity contribution is -0.0237. The summed E-state index contributed by atoms with van der Waals surface area (Å²) >= 11 is 2.01. The summed E-state index contributed by atoms with van der Waals surface area (Å²) in [6.45, 7) is 4.59. The summed E-state index contributed by atoms with van der Waals surface area (Å²) in [6, 6.07) is 5.34. The molecule has 0 aliphatic carbocycles. The number of thioether (sulfide) groups is 1. The molecule has 0 spiro atoms. The molecular formula is C18H24N2O4S. The molecule has 7 heteroatoms. The second-order valence-corrected chi connectivity index (χ2v) is 7.91. The average Bonchev–Trinajstić information content (AvgIpc) is 3.15. The topological polar surface area (TPSA) is 60.0 Å². The van der Waals surface area contributed by atoms with Crippen LogP contribution in [0.5, 0.6) is 11.5 Å². The molecule has 136 valence electrons. The highest BCUT2D eigenvalue weighted by Crippen LogP contribution is 2.33. The van der Waals surface area contributed by atoms with Crippen LogP contribution in [0, 0.1) is 0 Å². The summed E-state index contributed by atoms with van der Waals surface area (Å²) in [5.41, 5.74) is 0.631. The Morgan fingerprint density at radius 3 is 2.72 bits per heavy atom. The molecule has 1 aromatic carbocycles. The van der Waals surface area contributed by atoms with Gasteiger partial charge in [-0.2, -0.15) is 11.8 Å². The van der Waals surface area contributed by atoms with Crippen LogP contribution in [0.15, 0.2) is 18.2 Å². The zero-order valence-electron chi connectivity index (χ0n) is 14.3. The highest BCUT2D eigenvalue weighted by atomic mass is 32.2. The lowest BCUT2D eigenvalue weighted by Crippen LogP contribution is -2.60. The van der Waals surface area contributed by atoms with Crippen molar-refractivity contribution < 1.29 is 19.0 Å². The molecule has 0 atom stereocenters. The second-order valence-electron chi connectivity index (χ2n) is 6.69. The molecule has 0 unspecified atom stereocenters. The summed E-state index contributed by atoms with van der Waals surface area (Å²) in [5, 5.41) is 3.16. The minimum atomic E-state index is -0.0597. The first kappa shape index (κ1) is 17.0. The van der Waals surface area contributed by atoms with E-state index in [1.807, 2.05) is 11.8 Å². The smallest absolute Gasteiger partial charge is 0.251 e. The number of ether oxygens (including phenoxy) is 3. The molecule has 2 saturated heterocycles. The van der Waals surface area contributed by atoms with Crippen LogP contribution in [0.4, 0.5) is 0 Å². The van der Waals surface area contributed by atoms with E-state index in [4.69, 9.17) is 14.2 Å². The lowest BCUT2D eigenvalue weighted by atomic mass is 9.87. The lowest BCUT2D eigenvalue weighted by Gasteiger charge is -2.48. The van der Waals surface area contributed by atoms with Crippen LogP contribution in [0.2, 0.25) is 0 Å². The van der Waals surface area contributed by atoms with E-state index in [0.29, 0.717) is 23.6 Å². The number of amides is 1. The molecule has 6 nitrogen and oxygen atoms in total. The van der Waals surface area contributed by atoms with Gasteiger partial charge in [0, 0.05) is 55.5 Å². The van der Waals surface area contributed by atoms with Crippen molar-refractivity contribution in [2.45, 2.75) is 18.4 Å². The number of hydrogen-bond acceptors (Lipinski definition) is 6. The number of nitrogens with one attached hydrogen (secondary N) is 1. The van der Waals surface area contributed by atoms with Crippen LogP contribution >= 0.6 is 11.8 Å². The number of fused-ring (bicyclic) bond motifs is 1. The van der Waals surface area contributed by atoms with Crippen molar-refractivity contribution >= 4 is 17.7 Å². The van der Waals surface area contributed by atoms with Gasteiger partial charge in [0.1, 0.15) is 0 Å². The standard InChI is InChI=1S/C18H24N2O4S/c21-17(14-1-2-15-16(11-14)24-13-23-15)19-12-18(3-7-22-8-4-18)20-5-9-25-10-6-20/h1-2,11H,3-10,12-13H2,(H,19,21). The molecule has 0 radical (unpaired) electrons. The Hall–Kier alpha value is -1.44. The maximum absolute atomic E-state index is 12.7. The largest absolute Gasteiger partial charge is 0.454 e. The van der Waals surface area contributed by atoms with Gasteiger partial charge in [-0.1, -0.05) is 0 Å². The van der Waals surface area contributed by atoms with Gasteiger partial charge in [0.25, 0.3) is 5.91 Å². The molecule has 3 aliphatic heterocycles. The third-order valence-electron chi connectivity index (χ3n) is 5.32. The van der Waals surface area contributed by atoms with E-state index in [0.717, 1.165) is 39.1 Å². The summed E-state index contributed by atoms with van der Waals surface area (Å²) in [6.07, 6.45) is 1.94. The summed E-state index contributed by atoms with van der Waals surface area (Å²) in [5.74, 6) is 3.61. The van der Waals surface area contributed by atoms with Crippen LogP contribution < -0.4 is 14.8 Å². The van der Waals surface area contributed by atoms with E-state index in [2.05, 4.69) is 10.2 Å². The van der Waals surface area contributed by atoms with Crippen LogP contribution in [-0.2, 0) is 4.74 Å². The summed E-state index contributed by atoms with van der Waals surface area (Å²) in [4.78, 5) is 15.2. The Kier molecular flexibility index (Phi) is 5.05. The molecule has 0 aromatic heterocycles. The molecule has 3 heterocycles. The van der Waals surface area contributed by atoms with Crippen LogP contribution in [0.25, 0.3) is 0 Å². The second kappa shape index (κ2) is 7.43. The van der Waals surface area contributed by atoms with Crippen molar-refractivity contribution in [2.24, 2.45) is 0 Å². The van der Waals surface area contributed by atoms with Crippen molar-refractivity contribution in [2.75, 3.05) is 51.1 Å². The fourth-order valence-corrected chi connectivity index (χ4v) is 4.68. The normalized spacial score (nSPS) is 22.6. The Balaban J connectivity index is 1.44. The Labute approximate surface area is 152 Å². The third kappa shape index (κ3) is 3.59. The van der Waals surface area contributed by atoms with E-state index in [1.54, 1.807) is 18.2 Å². The molecule has 4 rings (SSSR count). The maximum atomic E-state index is 12.7. The molecule has 25 heavy (non-hydrogen) atoms. The van der Waals surface area contributed by atoms with Crippen molar-refractivity contribution in [1.29, 1.82) is 0 Å². The first-order valence-corrected chi connectivity index (χ1v) is 10.0. The van der Waals surface area contributed by atoms with Gasteiger partial charge in [-0.05, 0) is 31.0 Å². The number of hydrogen-bond donors (Lipinski definition) is 1. The molecule has 3 aliphatic rings. The van der Waals surface area contributed by atoms with Crippen molar-refractivity contribution in [3.05, 3.63) is 23.8 Å². The van der Waals surface area contributed by atoms with Crippen molar-refractivity contribution in [3.8, 4) is 11.5 Å².